The molecule has 1 aliphatic rings. The van der Waals surface area contributed by atoms with Gasteiger partial charge in [-0.3, -0.25) is 34.7 Å². The topological polar surface area (TPSA) is 106 Å². The molecule has 1 saturated heterocycles. The first-order valence-electron chi connectivity index (χ1n) is 11.3. The standard InChI is InChI=1S/C24H26FN5O4S/c25-19-8-3-1-6-17(19)22(32)28-27-21(31)16-35-24-26-20-9-4-2-7-18(20)23(33)30(24)11-5-10-29-12-14-34-15-13-29/h1-4,6-9H,5,10-16H2,(H,27,31)(H,28,32). The molecule has 3 aromatic rings. The number of hydrazine groups is 1. The van der Waals surface area contributed by atoms with E-state index < -0.39 is 17.6 Å². The number of halogens is 1. The number of amides is 2. The van der Waals surface area contributed by atoms with Crippen molar-refractivity contribution in [3.63, 3.8) is 0 Å². The number of rotatable bonds is 8. The largest absolute Gasteiger partial charge is 0.379 e. The number of thioether (sulfide) groups is 1. The fourth-order valence-corrected chi connectivity index (χ4v) is 4.56. The minimum absolute atomic E-state index is 0.0915. The molecule has 4 rings (SSSR count). The molecule has 1 fully saturated rings. The zero-order chi connectivity index (χ0) is 24.6. The molecular formula is C24H26FN5O4S. The maximum atomic E-state index is 13.7. The van der Waals surface area contributed by atoms with Crippen LogP contribution in [0, 0.1) is 5.82 Å². The molecule has 0 bridgehead atoms. The van der Waals surface area contributed by atoms with Crippen LogP contribution in [0.4, 0.5) is 4.39 Å². The summed E-state index contributed by atoms with van der Waals surface area (Å²) in [7, 11) is 0. The molecule has 0 aliphatic carbocycles. The molecule has 0 unspecified atom stereocenters. The van der Waals surface area contributed by atoms with Gasteiger partial charge < -0.3 is 4.74 Å². The fraction of sp³-hybridized carbons (Fsp3) is 0.333. The number of fused-ring (bicyclic) bond motifs is 1. The second kappa shape index (κ2) is 11.9. The molecule has 0 saturated carbocycles. The monoisotopic (exact) mass is 499 g/mol. The van der Waals surface area contributed by atoms with Crippen LogP contribution in [0.5, 0.6) is 0 Å². The Morgan fingerprint density at radius 2 is 1.77 bits per heavy atom. The number of hydrogen-bond donors (Lipinski definition) is 2. The van der Waals surface area contributed by atoms with Gasteiger partial charge in [-0.1, -0.05) is 36.0 Å². The van der Waals surface area contributed by atoms with Gasteiger partial charge in [0, 0.05) is 26.2 Å². The van der Waals surface area contributed by atoms with Gasteiger partial charge in [-0.05, 0) is 30.7 Å². The second-order valence-electron chi connectivity index (χ2n) is 7.95. The van der Waals surface area contributed by atoms with E-state index in [0.29, 0.717) is 35.8 Å². The average Bonchev–Trinajstić information content (AvgIpc) is 2.88. The third-order valence-electron chi connectivity index (χ3n) is 5.55. The van der Waals surface area contributed by atoms with Gasteiger partial charge in [0.05, 0.1) is 35.4 Å². The summed E-state index contributed by atoms with van der Waals surface area (Å²) in [6.07, 6.45) is 0.748. The number of carbonyl (C=O) groups is 2. The molecule has 9 nitrogen and oxygen atoms in total. The summed E-state index contributed by atoms with van der Waals surface area (Å²) in [5.41, 5.74) is 4.70. The molecule has 11 heteroatoms. The summed E-state index contributed by atoms with van der Waals surface area (Å²) in [5.74, 6) is -2.05. The molecular weight excluding hydrogens is 473 g/mol. The second-order valence-corrected chi connectivity index (χ2v) is 8.89. The molecule has 2 N–H and O–H groups in total. The lowest BCUT2D eigenvalue weighted by molar-refractivity contribution is -0.119. The van der Waals surface area contributed by atoms with Crippen LogP contribution in [0.2, 0.25) is 0 Å². The number of hydrogen-bond acceptors (Lipinski definition) is 7. The number of morpholine rings is 1. The van der Waals surface area contributed by atoms with Crippen molar-refractivity contribution in [3.05, 3.63) is 70.3 Å². The Kier molecular flexibility index (Phi) is 8.45. The maximum Gasteiger partial charge on any atom is 0.272 e. The highest BCUT2D eigenvalue weighted by atomic mass is 32.2. The van der Waals surface area contributed by atoms with E-state index in [1.165, 1.54) is 18.2 Å². The van der Waals surface area contributed by atoms with E-state index in [1.807, 2.05) is 0 Å². The molecule has 2 aromatic carbocycles. The molecule has 0 radical (unpaired) electrons. The fourth-order valence-electron chi connectivity index (χ4n) is 3.74. The first-order chi connectivity index (χ1) is 17.0. The van der Waals surface area contributed by atoms with Crippen molar-refractivity contribution in [1.29, 1.82) is 0 Å². The Morgan fingerprint density at radius 3 is 2.57 bits per heavy atom. The highest BCUT2D eigenvalue weighted by Crippen LogP contribution is 2.18. The van der Waals surface area contributed by atoms with Crippen molar-refractivity contribution in [2.24, 2.45) is 0 Å². The first-order valence-corrected chi connectivity index (χ1v) is 12.3. The lowest BCUT2D eigenvalue weighted by Crippen LogP contribution is -2.42. The van der Waals surface area contributed by atoms with E-state index in [1.54, 1.807) is 28.8 Å². The number of ether oxygens (including phenoxy) is 1. The van der Waals surface area contributed by atoms with Crippen LogP contribution in [-0.2, 0) is 16.1 Å². The quantitative estimate of drug-likeness (QED) is 0.277. The minimum Gasteiger partial charge on any atom is -0.379 e. The van der Waals surface area contributed by atoms with Gasteiger partial charge in [0.1, 0.15) is 5.82 Å². The molecule has 184 valence electrons. The van der Waals surface area contributed by atoms with Crippen LogP contribution in [0.1, 0.15) is 16.8 Å². The van der Waals surface area contributed by atoms with Gasteiger partial charge in [-0.2, -0.15) is 0 Å². The zero-order valence-electron chi connectivity index (χ0n) is 19.0. The predicted octanol–water partition coefficient (Wildman–Crippen LogP) is 1.81. The number of benzene rings is 2. The normalized spacial score (nSPS) is 14.1. The minimum atomic E-state index is -0.759. The van der Waals surface area contributed by atoms with Gasteiger partial charge in [0.15, 0.2) is 5.16 Å². The molecule has 1 aliphatic heterocycles. The Bertz CT molecular complexity index is 1260. The number of nitrogens with one attached hydrogen (secondary N) is 2. The summed E-state index contributed by atoms with van der Waals surface area (Å²) in [5, 5.41) is 0.941. The van der Waals surface area contributed by atoms with E-state index in [0.717, 1.165) is 43.9 Å². The average molecular weight is 500 g/mol. The van der Waals surface area contributed by atoms with Crippen molar-refractivity contribution >= 4 is 34.5 Å². The lowest BCUT2D eigenvalue weighted by atomic mass is 10.2. The number of aromatic nitrogens is 2. The summed E-state index contributed by atoms with van der Waals surface area (Å²) in [6.45, 7) is 4.44. The Morgan fingerprint density at radius 1 is 1.03 bits per heavy atom. The molecule has 0 atom stereocenters. The van der Waals surface area contributed by atoms with E-state index in [9.17, 15) is 18.8 Å². The van der Waals surface area contributed by atoms with Crippen LogP contribution in [0.15, 0.2) is 58.5 Å². The maximum absolute atomic E-state index is 13.7. The summed E-state index contributed by atoms with van der Waals surface area (Å²) in [4.78, 5) is 44.5. The molecule has 2 heterocycles. The van der Waals surface area contributed by atoms with Gasteiger partial charge in [-0.15, -0.1) is 0 Å². The third kappa shape index (κ3) is 6.44. The van der Waals surface area contributed by atoms with E-state index in [4.69, 9.17) is 4.74 Å². The van der Waals surface area contributed by atoms with E-state index in [2.05, 4.69) is 20.7 Å². The highest BCUT2D eigenvalue weighted by Gasteiger charge is 2.16. The van der Waals surface area contributed by atoms with Crippen molar-refractivity contribution in [2.45, 2.75) is 18.1 Å². The predicted molar refractivity (Wildman–Crippen MR) is 131 cm³/mol. The zero-order valence-corrected chi connectivity index (χ0v) is 19.9. The Hall–Kier alpha value is -3.28. The molecule has 1 aromatic heterocycles. The van der Waals surface area contributed by atoms with Gasteiger partial charge in [-0.25, -0.2) is 9.37 Å². The van der Waals surface area contributed by atoms with Crippen LogP contribution in [0.3, 0.4) is 0 Å². The smallest absolute Gasteiger partial charge is 0.272 e. The van der Waals surface area contributed by atoms with Crippen molar-refractivity contribution in [2.75, 3.05) is 38.6 Å². The van der Waals surface area contributed by atoms with Crippen molar-refractivity contribution < 1.29 is 18.7 Å². The van der Waals surface area contributed by atoms with Crippen molar-refractivity contribution in [1.82, 2.24) is 25.3 Å². The summed E-state index contributed by atoms with van der Waals surface area (Å²) < 4.78 is 20.7. The number of carbonyl (C=O) groups excluding carboxylic acids is 2. The lowest BCUT2D eigenvalue weighted by Gasteiger charge is -2.26. The Labute approximate surface area is 205 Å². The number of nitrogens with zero attached hydrogens (tertiary/aromatic N) is 3. The number of para-hydroxylation sites is 1. The third-order valence-corrected chi connectivity index (χ3v) is 6.53. The van der Waals surface area contributed by atoms with Gasteiger partial charge in [0.25, 0.3) is 11.5 Å². The van der Waals surface area contributed by atoms with Crippen molar-refractivity contribution in [3.8, 4) is 0 Å². The van der Waals surface area contributed by atoms with E-state index in [-0.39, 0.29) is 16.9 Å². The summed E-state index contributed by atoms with van der Waals surface area (Å²) >= 11 is 1.10. The first kappa shape index (κ1) is 24.8. The Balaban J connectivity index is 1.40. The van der Waals surface area contributed by atoms with Crippen LogP contribution in [-0.4, -0.2) is 64.9 Å². The van der Waals surface area contributed by atoms with Crippen LogP contribution >= 0.6 is 11.8 Å². The molecule has 0 spiro atoms. The van der Waals surface area contributed by atoms with E-state index >= 15 is 0 Å². The molecule has 2 amide bonds. The van der Waals surface area contributed by atoms with Gasteiger partial charge in [0.2, 0.25) is 5.91 Å². The van der Waals surface area contributed by atoms with Gasteiger partial charge >= 0.3 is 0 Å². The molecule has 35 heavy (non-hydrogen) atoms. The highest BCUT2D eigenvalue weighted by molar-refractivity contribution is 7.99. The van der Waals surface area contributed by atoms with Crippen LogP contribution < -0.4 is 16.4 Å². The SMILES string of the molecule is O=C(CSc1nc2ccccc2c(=O)n1CCCN1CCOCC1)NNC(=O)c1ccccc1F. The summed E-state index contributed by atoms with van der Waals surface area (Å²) in [6, 6.07) is 12.6. The van der Waals surface area contributed by atoms with Crippen LogP contribution in [0.25, 0.3) is 10.9 Å².